The minimum absolute atomic E-state index is 0.0751. The number of halogens is 1. The van der Waals surface area contributed by atoms with E-state index in [1.807, 2.05) is 6.92 Å². The molecule has 0 radical (unpaired) electrons. The summed E-state index contributed by atoms with van der Waals surface area (Å²) in [4.78, 5) is 15.3. The molecule has 0 aromatic carbocycles. The molecular formula is C11H10ClN3O. The Hall–Kier alpha value is -1.68. The summed E-state index contributed by atoms with van der Waals surface area (Å²) >= 11 is 6.01. The van der Waals surface area contributed by atoms with Gasteiger partial charge in [-0.05, 0) is 25.1 Å². The molecule has 0 aliphatic rings. The van der Waals surface area contributed by atoms with E-state index in [1.165, 1.54) is 6.92 Å². The van der Waals surface area contributed by atoms with Crippen LogP contribution < -0.4 is 0 Å². The van der Waals surface area contributed by atoms with Gasteiger partial charge < -0.3 is 0 Å². The molecule has 82 valence electrons. The molecule has 2 aromatic rings. The van der Waals surface area contributed by atoms with Gasteiger partial charge in [-0.1, -0.05) is 11.6 Å². The van der Waals surface area contributed by atoms with Crippen molar-refractivity contribution in [1.82, 2.24) is 14.8 Å². The van der Waals surface area contributed by atoms with Crippen molar-refractivity contribution >= 4 is 17.4 Å². The van der Waals surface area contributed by atoms with Crippen LogP contribution in [0.5, 0.6) is 0 Å². The number of hydrogen-bond acceptors (Lipinski definition) is 3. The summed E-state index contributed by atoms with van der Waals surface area (Å²) in [5.41, 5.74) is 1.24. The largest absolute Gasteiger partial charge is 0.293 e. The van der Waals surface area contributed by atoms with Crippen LogP contribution in [0.4, 0.5) is 0 Å². The second-order valence-corrected chi connectivity index (χ2v) is 3.85. The van der Waals surface area contributed by atoms with E-state index >= 15 is 0 Å². The van der Waals surface area contributed by atoms with Gasteiger partial charge in [0, 0.05) is 18.8 Å². The molecule has 0 saturated carbocycles. The third-order valence-electron chi connectivity index (χ3n) is 2.19. The highest BCUT2D eigenvalue weighted by Crippen LogP contribution is 2.18. The molecular weight excluding hydrogens is 226 g/mol. The molecule has 0 fully saturated rings. The highest BCUT2D eigenvalue weighted by Gasteiger charge is 2.12. The average Bonchev–Trinajstić information content (AvgIpc) is 2.61. The number of Topliss-reactive ketones (excluding diaryl/α,β-unsaturated/α-hetero) is 1. The van der Waals surface area contributed by atoms with E-state index in [-0.39, 0.29) is 5.78 Å². The Balaban J connectivity index is 2.57. The predicted octanol–water partition coefficient (Wildman–Crippen LogP) is 2.43. The Morgan fingerprint density at radius 1 is 1.50 bits per heavy atom. The third-order valence-corrected chi connectivity index (χ3v) is 2.48. The molecule has 0 N–H and O–H groups in total. The molecule has 2 rings (SSSR count). The van der Waals surface area contributed by atoms with Gasteiger partial charge in [-0.2, -0.15) is 5.10 Å². The van der Waals surface area contributed by atoms with Gasteiger partial charge in [-0.3, -0.25) is 4.79 Å². The first-order chi connectivity index (χ1) is 7.59. The van der Waals surface area contributed by atoms with E-state index in [0.717, 1.165) is 5.69 Å². The molecule has 2 heterocycles. The lowest BCUT2D eigenvalue weighted by Gasteiger charge is -2.04. The summed E-state index contributed by atoms with van der Waals surface area (Å²) in [7, 11) is 0. The molecule has 2 aromatic heterocycles. The fourth-order valence-electron chi connectivity index (χ4n) is 1.39. The van der Waals surface area contributed by atoms with Gasteiger partial charge in [0.2, 0.25) is 0 Å². The average molecular weight is 236 g/mol. The van der Waals surface area contributed by atoms with Crippen LogP contribution in [0.15, 0.2) is 24.4 Å². The van der Waals surface area contributed by atoms with Gasteiger partial charge in [-0.25, -0.2) is 9.67 Å². The van der Waals surface area contributed by atoms with Gasteiger partial charge in [0.05, 0.1) is 5.02 Å². The SMILES string of the molecule is CC(=O)c1cc(C)n(-c2ncccc2Cl)n1. The Morgan fingerprint density at radius 2 is 2.25 bits per heavy atom. The molecule has 0 aliphatic heterocycles. The van der Waals surface area contributed by atoms with E-state index in [2.05, 4.69) is 10.1 Å². The van der Waals surface area contributed by atoms with Gasteiger partial charge in [-0.15, -0.1) is 0 Å². The van der Waals surface area contributed by atoms with Crippen LogP contribution >= 0.6 is 11.6 Å². The molecule has 0 atom stereocenters. The van der Waals surface area contributed by atoms with Gasteiger partial charge in [0.15, 0.2) is 11.6 Å². The second-order valence-electron chi connectivity index (χ2n) is 3.45. The van der Waals surface area contributed by atoms with Crippen LogP contribution in [0.25, 0.3) is 5.82 Å². The van der Waals surface area contributed by atoms with Gasteiger partial charge in [0.25, 0.3) is 0 Å². The third kappa shape index (κ3) is 1.84. The molecule has 4 nitrogen and oxygen atoms in total. The lowest BCUT2D eigenvalue weighted by Crippen LogP contribution is -2.03. The number of aromatic nitrogens is 3. The summed E-state index contributed by atoms with van der Waals surface area (Å²) < 4.78 is 1.57. The fraction of sp³-hybridized carbons (Fsp3) is 0.182. The summed E-state index contributed by atoms with van der Waals surface area (Å²) in [6.45, 7) is 3.33. The van der Waals surface area contributed by atoms with Crippen molar-refractivity contribution in [2.24, 2.45) is 0 Å². The second kappa shape index (κ2) is 4.06. The Labute approximate surface area is 97.9 Å². The zero-order valence-electron chi connectivity index (χ0n) is 8.94. The molecule has 0 spiro atoms. The van der Waals surface area contributed by atoms with Crippen molar-refractivity contribution in [3.05, 3.63) is 40.8 Å². The van der Waals surface area contributed by atoms with Crippen molar-refractivity contribution in [3.63, 3.8) is 0 Å². The standard InChI is InChI=1S/C11H10ClN3O/c1-7-6-10(8(2)16)14-15(7)11-9(12)4-3-5-13-11/h3-6H,1-2H3. The minimum Gasteiger partial charge on any atom is -0.293 e. The van der Waals surface area contributed by atoms with Crippen LogP contribution in [-0.4, -0.2) is 20.5 Å². The molecule has 0 amide bonds. The van der Waals surface area contributed by atoms with E-state index in [9.17, 15) is 4.79 Å². The lowest BCUT2D eigenvalue weighted by atomic mass is 10.3. The number of nitrogens with zero attached hydrogens (tertiary/aromatic N) is 3. The van der Waals surface area contributed by atoms with Gasteiger partial charge in [0.1, 0.15) is 5.69 Å². The normalized spacial score (nSPS) is 10.4. The fourth-order valence-corrected chi connectivity index (χ4v) is 1.60. The van der Waals surface area contributed by atoms with Gasteiger partial charge >= 0.3 is 0 Å². The van der Waals surface area contributed by atoms with Crippen LogP contribution in [0.1, 0.15) is 23.1 Å². The van der Waals surface area contributed by atoms with Crippen molar-refractivity contribution in [2.45, 2.75) is 13.8 Å². The molecule has 0 unspecified atom stereocenters. The van der Waals surface area contributed by atoms with Crippen LogP contribution in [-0.2, 0) is 0 Å². The Morgan fingerprint density at radius 3 is 2.81 bits per heavy atom. The van der Waals surface area contributed by atoms with E-state index in [4.69, 9.17) is 11.6 Å². The Bertz CT molecular complexity index is 548. The minimum atomic E-state index is -0.0751. The van der Waals surface area contributed by atoms with Crippen LogP contribution in [0.3, 0.4) is 0 Å². The predicted molar refractivity (Wildman–Crippen MR) is 61.1 cm³/mol. The number of hydrogen-bond donors (Lipinski definition) is 0. The first-order valence-corrected chi connectivity index (χ1v) is 5.16. The number of aryl methyl sites for hydroxylation is 1. The summed E-state index contributed by atoms with van der Waals surface area (Å²) in [5, 5.41) is 4.66. The van der Waals surface area contributed by atoms with Crippen molar-refractivity contribution in [3.8, 4) is 5.82 Å². The maximum atomic E-state index is 11.2. The van der Waals surface area contributed by atoms with Crippen molar-refractivity contribution < 1.29 is 4.79 Å². The molecule has 5 heteroatoms. The number of carbonyl (C=O) groups excluding carboxylic acids is 1. The monoisotopic (exact) mass is 235 g/mol. The highest BCUT2D eigenvalue weighted by molar-refractivity contribution is 6.32. The maximum Gasteiger partial charge on any atom is 0.180 e. The number of rotatable bonds is 2. The van der Waals surface area contributed by atoms with E-state index in [0.29, 0.717) is 16.5 Å². The number of carbonyl (C=O) groups is 1. The molecule has 16 heavy (non-hydrogen) atoms. The first-order valence-electron chi connectivity index (χ1n) is 4.78. The van der Waals surface area contributed by atoms with E-state index < -0.39 is 0 Å². The smallest absolute Gasteiger partial charge is 0.180 e. The zero-order valence-corrected chi connectivity index (χ0v) is 9.69. The maximum absolute atomic E-state index is 11.2. The zero-order chi connectivity index (χ0) is 11.7. The van der Waals surface area contributed by atoms with Crippen LogP contribution in [0.2, 0.25) is 5.02 Å². The Kier molecular flexibility index (Phi) is 2.75. The summed E-state index contributed by atoms with van der Waals surface area (Å²) in [6, 6.07) is 5.20. The molecule has 0 aliphatic carbocycles. The quantitative estimate of drug-likeness (QED) is 0.751. The van der Waals surface area contributed by atoms with Crippen molar-refractivity contribution in [1.29, 1.82) is 0 Å². The molecule has 0 bridgehead atoms. The van der Waals surface area contributed by atoms with Crippen molar-refractivity contribution in [2.75, 3.05) is 0 Å². The number of ketones is 1. The summed E-state index contributed by atoms with van der Waals surface area (Å²) in [5.74, 6) is 0.461. The topological polar surface area (TPSA) is 47.8 Å². The first kappa shape index (κ1) is 10.8. The lowest BCUT2D eigenvalue weighted by molar-refractivity contribution is 0.101. The summed E-state index contributed by atoms with van der Waals surface area (Å²) in [6.07, 6.45) is 1.63. The highest BCUT2D eigenvalue weighted by atomic mass is 35.5. The van der Waals surface area contributed by atoms with Crippen LogP contribution in [0, 0.1) is 6.92 Å². The molecule has 0 saturated heterocycles. The number of pyridine rings is 1. The van der Waals surface area contributed by atoms with E-state index in [1.54, 1.807) is 29.1 Å².